The second-order valence-corrected chi connectivity index (χ2v) is 4.37. The van der Waals surface area contributed by atoms with Crippen molar-refractivity contribution in [2.24, 2.45) is 5.92 Å². The Morgan fingerprint density at radius 2 is 2.20 bits per heavy atom. The molecule has 1 atom stereocenters. The summed E-state index contributed by atoms with van der Waals surface area (Å²) in [5.41, 5.74) is 0. The second kappa shape index (κ2) is 9.28. The van der Waals surface area contributed by atoms with Crippen LogP contribution < -0.4 is 0 Å². The van der Waals surface area contributed by atoms with E-state index in [0.29, 0.717) is 12.5 Å². The van der Waals surface area contributed by atoms with Crippen LogP contribution in [0.25, 0.3) is 0 Å². The summed E-state index contributed by atoms with van der Waals surface area (Å²) in [7, 11) is 0. The van der Waals surface area contributed by atoms with Gasteiger partial charge < -0.3 is 4.74 Å². The van der Waals surface area contributed by atoms with Gasteiger partial charge in [0.05, 0.1) is 0 Å². The maximum absolute atomic E-state index is 11.4. The number of hydrogen-bond donors (Lipinski definition) is 0. The molecule has 15 heavy (non-hydrogen) atoms. The van der Waals surface area contributed by atoms with E-state index in [-0.39, 0.29) is 11.9 Å². The minimum Gasteiger partial charge on any atom is -0.371 e. The molecule has 2 nitrogen and oxygen atoms in total. The first kappa shape index (κ1) is 15.0. The number of hydrogen-bond acceptors (Lipinski definition) is 2. The number of rotatable bonds is 5. The molecule has 1 aliphatic carbocycles. The summed E-state index contributed by atoms with van der Waals surface area (Å²) < 4.78 is 5.22. The predicted octanol–water partition coefficient (Wildman–Crippen LogP) is 2.60. The van der Waals surface area contributed by atoms with Gasteiger partial charge in [-0.15, -0.1) is 0 Å². The van der Waals surface area contributed by atoms with Crippen LogP contribution in [0.5, 0.6) is 0 Å². The van der Waals surface area contributed by atoms with E-state index in [1.54, 1.807) is 5.75 Å². The van der Waals surface area contributed by atoms with Crippen LogP contribution in [0.1, 0.15) is 39.5 Å². The molecule has 0 saturated heterocycles. The van der Waals surface area contributed by atoms with Crippen LogP contribution in [0.2, 0.25) is 0 Å². The van der Waals surface area contributed by atoms with Crippen LogP contribution in [0, 0.1) is 5.92 Å². The van der Waals surface area contributed by atoms with Gasteiger partial charge in [0, 0.05) is 13.0 Å². The Bertz CT molecular complexity index is 193. The maximum atomic E-state index is 11.4. The normalized spacial score (nSPS) is 16.7. The molecule has 0 aromatic rings. The van der Waals surface area contributed by atoms with Crippen LogP contribution >= 0.6 is 15.8 Å². The zero-order chi connectivity index (χ0) is 11.7. The van der Waals surface area contributed by atoms with E-state index < -0.39 is 0 Å². The van der Waals surface area contributed by atoms with Crippen molar-refractivity contribution in [2.45, 2.75) is 45.6 Å². The zero-order valence-electron chi connectivity index (χ0n) is 9.67. The van der Waals surface area contributed by atoms with E-state index >= 15 is 0 Å². The zero-order valence-corrected chi connectivity index (χ0v) is 11.3. The fourth-order valence-corrected chi connectivity index (χ4v) is 1.49. The number of carbonyl (C=O) groups is 1. The van der Waals surface area contributed by atoms with E-state index in [9.17, 15) is 4.79 Å². The van der Waals surface area contributed by atoms with Crippen molar-refractivity contribution in [3.05, 3.63) is 0 Å². The van der Waals surface area contributed by atoms with Crippen molar-refractivity contribution < 1.29 is 9.53 Å². The Morgan fingerprint density at radius 1 is 1.67 bits per heavy atom. The predicted molar refractivity (Wildman–Crippen MR) is 69.9 cm³/mol. The summed E-state index contributed by atoms with van der Waals surface area (Å²) in [5, 5.41) is 0. The Morgan fingerprint density at radius 3 is 2.53 bits per heavy atom. The monoisotopic (exact) mass is 274 g/mol. The smallest absolute Gasteiger partial charge is 0.161 e. The molecule has 86 valence electrons. The third-order valence-electron chi connectivity index (χ3n) is 2.58. The molecule has 1 saturated carbocycles. The van der Waals surface area contributed by atoms with Gasteiger partial charge in [-0.3, -0.25) is 4.79 Å². The summed E-state index contributed by atoms with van der Waals surface area (Å²) in [6.45, 7) is 7.69. The van der Waals surface area contributed by atoms with Crippen molar-refractivity contribution in [1.82, 2.24) is 0 Å². The molecule has 1 rings (SSSR count). The number of Topliss-reactive ketones (excluding diaryl/α,β-unsaturated/α-hetero) is 1. The van der Waals surface area contributed by atoms with Crippen LogP contribution in [0.4, 0.5) is 0 Å². The molecule has 4 heteroatoms. The van der Waals surface area contributed by atoms with E-state index in [2.05, 4.69) is 22.2 Å². The van der Waals surface area contributed by atoms with Crippen molar-refractivity contribution in [3.8, 4) is 0 Å². The van der Waals surface area contributed by atoms with Gasteiger partial charge in [-0.1, -0.05) is 19.3 Å². The summed E-state index contributed by atoms with van der Waals surface area (Å²) in [6, 6.07) is 0. The molecule has 0 aromatic carbocycles. The van der Waals surface area contributed by atoms with Crippen molar-refractivity contribution >= 4 is 33.8 Å². The van der Waals surface area contributed by atoms with Gasteiger partial charge in [0.2, 0.25) is 0 Å². The molecule has 0 amide bonds. The second-order valence-electron chi connectivity index (χ2n) is 3.72. The number of halogens is 1. The van der Waals surface area contributed by atoms with Gasteiger partial charge >= 0.3 is 28.0 Å². The fraction of sp³-hybridized carbons (Fsp3) is 0.818. The minimum atomic E-state index is -0.185. The van der Waals surface area contributed by atoms with Crippen molar-refractivity contribution in [2.75, 3.05) is 6.61 Å². The molecule has 0 N–H and O–H groups in total. The van der Waals surface area contributed by atoms with Crippen LogP contribution in [-0.2, 0) is 9.53 Å². The third-order valence-corrected chi connectivity index (χ3v) is 2.58. The summed E-state index contributed by atoms with van der Waals surface area (Å²) in [6.07, 6.45) is 4.34. The molecule has 0 heterocycles. The first-order chi connectivity index (χ1) is 7.15. The van der Waals surface area contributed by atoms with E-state index in [4.69, 9.17) is 4.74 Å². The summed E-state index contributed by atoms with van der Waals surface area (Å²) >= 11 is 2.91. The number of ketones is 1. The maximum Gasteiger partial charge on any atom is 0.161 e. The number of ether oxygens (including phenoxy) is 1. The van der Waals surface area contributed by atoms with Crippen LogP contribution in [0.3, 0.4) is 0 Å². The van der Waals surface area contributed by atoms with Crippen LogP contribution in [-0.4, -0.2) is 30.7 Å². The molecule has 1 aliphatic rings. The minimum absolute atomic E-state index is 0.185. The molecule has 1 fully saturated rings. The molecule has 0 aliphatic heterocycles. The quantitative estimate of drug-likeness (QED) is 0.721. The van der Waals surface area contributed by atoms with Gasteiger partial charge in [-0.25, -0.2) is 0 Å². The largest absolute Gasteiger partial charge is 0.371 e. The van der Waals surface area contributed by atoms with Gasteiger partial charge in [-0.2, -0.15) is 0 Å². The molecule has 0 aromatic heterocycles. The van der Waals surface area contributed by atoms with Gasteiger partial charge in [0.15, 0.2) is 5.78 Å². The van der Waals surface area contributed by atoms with E-state index in [1.165, 1.54) is 19.3 Å². The Labute approximate surface area is 102 Å². The average Bonchev–Trinajstić information content (AvgIpc) is 2.12. The molecular formula is C11H20BBrO2. The van der Waals surface area contributed by atoms with Gasteiger partial charge in [-0.05, 0) is 19.8 Å². The molecular weight excluding hydrogens is 255 g/mol. The molecule has 0 radical (unpaired) electrons. The van der Waals surface area contributed by atoms with E-state index in [1.807, 2.05) is 13.8 Å². The molecule has 0 spiro atoms. The SMILES string of the molecule is C=BBr.CCOC(C)C(=O)CC1CCC1. The Kier molecular flexibility index (Phi) is 9.31. The van der Waals surface area contributed by atoms with Crippen LogP contribution in [0.15, 0.2) is 0 Å². The Balaban J connectivity index is 0.000000583. The van der Waals surface area contributed by atoms with Gasteiger partial charge in [0.1, 0.15) is 6.10 Å². The Hall–Kier alpha value is 0.0449. The molecule has 1 unspecified atom stereocenters. The summed E-state index contributed by atoms with van der Waals surface area (Å²) in [5.74, 6) is 2.51. The first-order valence-electron chi connectivity index (χ1n) is 5.51. The first-order valence-corrected chi connectivity index (χ1v) is 6.42. The average molecular weight is 275 g/mol. The van der Waals surface area contributed by atoms with Gasteiger partial charge in [0.25, 0.3) is 0 Å². The fourth-order valence-electron chi connectivity index (χ4n) is 1.49. The molecule has 0 bridgehead atoms. The third kappa shape index (κ3) is 7.01. The van der Waals surface area contributed by atoms with Crippen molar-refractivity contribution in [1.29, 1.82) is 0 Å². The van der Waals surface area contributed by atoms with Crippen molar-refractivity contribution in [3.63, 3.8) is 0 Å². The topological polar surface area (TPSA) is 26.3 Å². The standard InChI is InChI=1S/C10H18O2.CH2BBr/c1-3-12-8(2)10(11)7-9-5-4-6-9;1-2-3/h8-9H,3-7H2,1-2H3;1H2. The van der Waals surface area contributed by atoms with E-state index in [0.717, 1.165) is 6.42 Å². The number of carbonyl (C=O) groups excluding carboxylic acids is 1. The summed E-state index contributed by atoms with van der Waals surface area (Å²) in [4.78, 5) is 11.4.